The smallest absolute Gasteiger partial charge is 0.111 e. The highest BCUT2D eigenvalue weighted by Gasteiger charge is 2.05. The number of benzene rings is 1. The van der Waals surface area contributed by atoms with Crippen LogP contribution in [0.25, 0.3) is 21.9 Å². The van der Waals surface area contributed by atoms with Gasteiger partial charge in [-0.3, -0.25) is 15.0 Å². The Kier molecular flexibility index (Phi) is 1.65. The van der Waals surface area contributed by atoms with Gasteiger partial charge in [-0.2, -0.15) is 0 Å². The van der Waals surface area contributed by atoms with E-state index in [0.29, 0.717) is 0 Å². The summed E-state index contributed by atoms with van der Waals surface area (Å²) in [4.78, 5) is 13.2. The Morgan fingerprint density at radius 1 is 0.933 bits per heavy atom. The van der Waals surface area contributed by atoms with Crippen LogP contribution in [0.5, 0.6) is 0 Å². The molecule has 2 heterocycles. The van der Waals surface area contributed by atoms with Crippen LogP contribution in [0.2, 0.25) is 0 Å². The van der Waals surface area contributed by atoms with Crippen molar-refractivity contribution >= 4 is 21.9 Å². The van der Waals surface area contributed by atoms with Crippen molar-refractivity contribution in [2.45, 2.75) is 6.92 Å². The molecule has 3 heteroatoms. The highest BCUT2D eigenvalue weighted by molar-refractivity contribution is 6.02. The summed E-state index contributed by atoms with van der Waals surface area (Å²) < 4.78 is 0. The van der Waals surface area contributed by atoms with Gasteiger partial charge >= 0.3 is 0 Å². The van der Waals surface area contributed by atoms with Crippen molar-refractivity contribution in [3.63, 3.8) is 0 Å². The van der Waals surface area contributed by atoms with Gasteiger partial charge in [-0.1, -0.05) is 18.2 Å². The van der Waals surface area contributed by atoms with Crippen LogP contribution in [-0.4, -0.2) is 15.0 Å². The summed E-state index contributed by atoms with van der Waals surface area (Å²) in [6, 6.07) is 8.00. The molecule has 0 aliphatic carbocycles. The van der Waals surface area contributed by atoms with Crippen LogP contribution in [-0.2, 0) is 0 Å². The summed E-state index contributed by atoms with van der Waals surface area (Å²) >= 11 is 0. The zero-order valence-corrected chi connectivity index (χ0v) is 8.31. The number of para-hydroxylation sites is 1. The van der Waals surface area contributed by atoms with Crippen molar-refractivity contribution in [3.05, 3.63) is 42.4 Å². The van der Waals surface area contributed by atoms with Crippen molar-refractivity contribution in [1.82, 2.24) is 15.0 Å². The van der Waals surface area contributed by atoms with Crippen LogP contribution < -0.4 is 0 Å². The second-order valence-electron chi connectivity index (χ2n) is 3.47. The largest absolute Gasteiger partial charge is 0.252 e. The maximum Gasteiger partial charge on any atom is 0.111 e. The molecule has 0 amide bonds. The molecule has 3 aromatic rings. The predicted molar refractivity (Wildman–Crippen MR) is 59.6 cm³/mol. The van der Waals surface area contributed by atoms with E-state index in [1.165, 1.54) is 0 Å². The van der Waals surface area contributed by atoms with Gasteiger partial charge in [-0.05, 0) is 13.0 Å². The molecule has 72 valence electrons. The van der Waals surface area contributed by atoms with E-state index in [1.54, 1.807) is 12.4 Å². The number of aromatic nitrogens is 3. The Labute approximate surface area is 86.8 Å². The first-order valence-electron chi connectivity index (χ1n) is 4.82. The molecule has 0 atom stereocenters. The monoisotopic (exact) mass is 195 g/mol. The van der Waals surface area contributed by atoms with Crippen LogP contribution in [0, 0.1) is 6.92 Å². The van der Waals surface area contributed by atoms with Crippen molar-refractivity contribution in [2.24, 2.45) is 0 Å². The Hall–Kier alpha value is -2.03. The standard InChI is InChI=1S/C12H9N3/c1-8-11-12(14-7-6-13-11)9-4-2-3-5-10(9)15-8/h2-7H,1H3. The molecule has 0 spiro atoms. The number of nitrogens with zero attached hydrogens (tertiary/aromatic N) is 3. The molecule has 3 nitrogen and oxygen atoms in total. The average molecular weight is 195 g/mol. The normalized spacial score (nSPS) is 11.0. The summed E-state index contributed by atoms with van der Waals surface area (Å²) in [7, 11) is 0. The van der Waals surface area contributed by atoms with Gasteiger partial charge in [-0.15, -0.1) is 0 Å². The van der Waals surface area contributed by atoms with Crippen LogP contribution in [0.1, 0.15) is 5.69 Å². The van der Waals surface area contributed by atoms with Crippen molar-refractivity contribution in [2.75, 3.05) is 0 Å². The minimum atomic E-state index is 0.885. The minimum Gasteiger partial charge on any atom is -0.252 e. The third-order valence-electron chi connectivity index (χ3n) is 2.49. The number of pyridine rings is 1. The van der Waals surface area contributed by atoms with Crippen LogP contribution >= 0.6 is 0 Å². The third-order valence-corrected chi connectivity index (χ3v) is 2.49. The highest BCUT2D eigenvalue weighted by atomic mass is 14.8. The fourth-order valence-corrected chi connectivity index (χ4v) is 1.80. The van der Waals surface area contributed by atoms with E-state index in [2.05, 4.69) is 15.0 Å². The Bertz CT molecular complexity index is 646. The van der Waals surface area contributed by atoms with Crippen LogP contribution in [0.3, 0.4) is 0 Å². The van der Waals surface area contributed by atoms with Gasteiger partial charge in [0.2, 0.25) is 0 Å². The van der Waals surface area contributed by atoms with Gasteiger partial charge in [0, 0.05) is 17.8 Å². The lowest BCUT2D eigenvalue weighted by atomic mass is 10.1. The van der Waals surface area contributed by atoms with E-state index in [9.17, 15) is 0 Å². The first kappa shape index (κ1) is 8.29. The number of aryl methyl sites for hydroxylation is 1. The zero-order valence-electron chi connectivity index (χ0n) is 8.31. The number of hydrogen-bond acceptors (Lipinski definition) is 3. The maximum absolute atomic E-state index is 4.50. The molecule has 0 N–H and O–H groups in total. The quantitative estimate of drug-likeness (QED) is 0.517. The molecule has 0 aliphatic rings. The van der Waals surface area contributed by atoms with Gasteiger partial charge in [-0.25, -0.2) is 0 Å². The number of hydrogen-bond donors (Lipinski definition) is 0. The lowest BCUT2D eigenvalue weighted by molar-refractivity contribution is 1.21. The molecule has 2 aromatic heterocycles. The second-order valence-corrected chi connectivity index (χ2v) is 3.47. The van der Waals surface area contributed by atoms with E-state index in [4.69, 9.17) is 0 Å². The van der Waals surface area contributed by atoms with E-state index in [-0.39, 0.29) is 0 Å². The summed E-state index contributed by atoms with van der Waals surface area (Å²) in [6.07, 6.45) is 3.42. The molecule has 0 saturated carbocycles. The molecule has 3 rings (SSSR count). The van der Waals surface area contributed by atoms with E-state index >= 15 is 0 Å². The predicted octanol–water partition coefficient (Wildman–Crippen LogP) is 2.49. The summed E-state index contributed by atoms with van der Waals surface area (Å²) in [5.74, 6) is 0. The molecule has 1 aromatic carbocycles. The first-order chi connectivity index (χ1) is 7.36. The molecular formula is C12H9N3. The Morgan fingerprint density at radius 2 is 1.67 bits per heavy atom. The van der Waals surface area contributed by atoms with E-state index < -0.39 is 0 Å². The third kappa shape index (κ3) is 1.16. The highest BCUT2D eigenvalue weighted by Crippen LogP contribution is 2.21. The molecule has 0 bridgehead atoms. The summed E-state index contributed by atoms with van der Waals surface area (Å²) in [5, 5.41) is 1.06. The minimum absolute atomic E-state index is 0.885. The van der Waals surface area contributed by atoms with E-state index in [0.717, 1.165) is 27.6 Å². The number of rotatable bonds is 0. The summed E-state index contributed by atoms with van der Waals surface area (Å²) in [6.45, 7) is 1.96. The molecule has 0 saturated heterocycles. The molecule has 15 heavy (non-hydrogen) atoms. The van der Waals surface area contributed by atoms with Gasteiger partial charge < -0.3 is 0 Å². The van der Waals surface area contributed by atoms with Crippen LogP contribution in [0.15, 0.2) is 36.7 Å². The molecule has 0 unspecified atom stereocenters. The zero-order chi connectivity index (χ0) is 10.3. The van der Waals surface area contributed by atoms with Crippen LogP contribution in [0.4, 0.5) is 0 Å². The SMILES string of the molecule is Cc1nc2ccccc2c2nccnc12. The lowest BCUT2D eigenvalue weighted by Crippen LogP contribution is -1.91. The van der Waals surface area contributed by atoms with Gasteiger partial charge in [0.15, 0.2) is 0 Å². The number of fused-ring (bicyclic) bond motifs is 3. The fourth-order valence-electron chi connectivity index (χ4n) is 1.80. The summed E-state index contributed by atoms with van der Waals surface area (Å²) in [5.41, 5.74) is 3.72. The lowest BCUT2D eigenvalue weighted by Gasteiger charge is -2.03. The molecule has 0 radical (unpaired) electrons. The van der Waals surface area contributed by atoms with Crippen molar-refractivity contribution in [1.29, 1.82) is 0 Å². The fraction of sp³-hybridized carbons (Fsp3) is 0.0833. The maximum atomic E-state index is 4.50. The molecular weight excluding hydrogens is 186 g/mol. The Balaban J connectivity index is 2.64. The van der Waals surface area contributed by atoms with Gasteiger partial charge in [0.1, 0.15) is 5.52 Å². The van der Waals surface area contributed by atoms with Gasteiger partial charge in [0.25, 0.3) is 0 Å². The van der Waals surface area contributed by atoms with Gasteiger partial charge in [0.05, 0.1) is 16.7 Å². The second kappa shape index (κ2) is 2.98. The average Bonchev–Trinajstić information content (AvgIpc) is 2.30. The first-order valence-corrected chi connectivity index (χ1v) is 4.82. The Morgan fingerprint density at radius 3 is 2.53 bits per heavy atom. The van der Waals surface area contributed by atoms with Crippen molar-refractivity contribution in [3.8, 4) is 0 Å². The topological polar surface area (TPSA) is 38.7 Å². The molecule has 0 aliphatic heterocycles. The molecule has 0 fully saturated rings. The van der Waals surface area contributed by atoms with E-state index in [1.807, 2.05) is 31.2 Å². The van der Waals surface area contributed by atoms with Crippen molar-refractivity contribution < 1.29 is 0 Å².